The fourth-order valence-corrected chi connectivity index (χ4v) is 4.72. The lowest BCUT2D eigenvalue weighted by molar-refractivity contribution is 0.427. The van der Waals surface area contributed by atoms with Crippen molar-refractivity contribution in [3.8, 4) is 22.5 Å². The molecule has 2 aromatic heterocycles. The van der Waals surface area contributed by atoms with Crippen LogP contribution in [0.15, 0.2) is 57.7 Å². The van der Waals surface area contributed by atoms with Crippen molar-refractivity contribution in [2.45, 2.75) is 44.4 Å². The van der Waals surface area contributed by atoms with E-state index in [0.717, 1.165) is 53.8 Å². The smallest absolute Gasteiger partial charge is 0.261 e. The van der Waals surface area contributed by atoms with Gasteiger partial charge in [-0.2, -0.15) is 0 Å². The van der Waals surface area contributed by atoms with Gasteiger partial charge in [0, 0.05) is 23.5 Å². The molecule has 3 N–H and O–H groups in total. The standard InChI is InChI=1S/C22H24N4O3S/c1-14-8-9-18(30(27,28)26-17-6-4-3-5-7-17)12-19(14)16-11-20(22(23)24-13-16)21-10-15(2)25-29-21/h6,8-13,26H,3-5,7H2,1-2H3,(H2,23,24). The van der Waals surface area contributed by atoms with Crippen LogP contribution in [0, 0.1) is 13.8 Å². The molecule has 0 saturated carbocycles. The molecule has 0 saturated heterocycles. The fraction of sp³-hybridized carbons (Fsp3) is 0.273. The largest absolute Gasteiger partial charge is 0.383 e. The van der Waals surface area contributed by atoms with E-state index in [4.69, 9.17) is 10.3 Å². The Hall–Kier alpha value is -3.13. The number of nitrogens with one attached hydrogen (secondary N) is 1. The Labute approximate surface area is 176 Å². The topological polar surface area (TPSA) is 111 Å². The molecular weight excluding hydrogens is 400 g/mol. The minimum absolute atomic E-state index is 0.212. The number of sulfonamides is 1. The van der Waals surface area contributed by atoms with E-state index in [-0.39, 0.29) is 4.90 Å². The van der Waals surface area contributed by atoms with E-state index < -0.39 is 10.0 Å². The summed E-state index contributed by atoms with van der Waals surface area (Å²) >= 11 is 0. The highest BCUT2D eigenvalue weighted by atomic mass is 32.2. The van der Waals surface area contributed by atoms with Crippen molar-refractivity contribution in [1.29, 1.82) is 0 Å². The zero-order valence-electron chi connectivity index (χ0n) is 17.0. The minimum Gasteiger partial charge on any atom is -0.383 e. The number of rotatable bonds is 5. The van der Waals surface area contributed by atoms with E-state index in [1.165, 1.54) is 0 Å². The lowest BCUT2D eigenvalue weighted by Crippen LogP contribution is -2.24. The predicted molar refractivity (Wildman–Crippen MR) is 116 cm³/mol. The predicted octanol–water partition coefficient (Wildman–Crippen LogP) is 4.34. The molecule has 0 aliphatic heterocycles. The van der Waals surface area contributed by atoms with E-state index >= 15 is 0 Å². The Balaban J connectivity index is 1.73. The van der Waals surface area contributed by atoms with E-state index in [2.05, 4.69) is 14.9 Å². The molecule has 8 heteroatoms. The van der Waals surface area contributed by atoms with Crippen LogP contribution in [0.1, 0.15) is 36.9 Å². The maximum absolute atomic E-state index is 12.9. The Bertz CT molecular complexity index is 1230. The number of nitrogen functional groups attached to an aromatic ring is 1. The Morgan fingerprint density at radius 1 is 1.10 bits per heavy atom. The number of nitrogens with zero attached hydrogens (tertiary/aromatic N) is 2. The second-order valence-corrected chi connectivity index (χ2v) is 9.23. The number of aryl methyl sites for hydroxylation is 2. The van der Waals surface area contributed by atoms with Gasteiger partial charge in [-0.05, 0) is 68.9 Å². The summed E-state index contributed by atoms with van der Waals surface area (Å²) in [7, 11) is -3.67. The average Bonchev–Trinajstić information content (AvgIpc) is 3.15. The van der Waals surface area contributed by atoms with Crippen molar-refractivity contribution in [2.24, 2.45) is 0 Å². The molecule has 3 aromatic rings. The van der Waals surface area contributed by atoms with Crippen LogP contribution in [0.5, 0.6) is 0 Å². The third-order valence-corrected chi connectivity index (χ3v) is 6.60. The number of hydrogen-bond donors (Lipinski definition) is 2. The first-order valence-electron chi connectivity index (χ1n) is 9.85. The molecule has 0 fully saturated rings. The fourth-order valence-electron chi connectivity index (χ4n) is 3.55. The quantitative estimate of drug-likeness (QED) is 0.630. The molecule has 0 amide bonds. The van der Waals surface area contributed by atoms with Gasteiger partial charge in [-0.1, -0.05) is 17.3 Å². The molecule has 0 spiro atoms. The van der Waals surface area contributed by atoms with Gasteiger partial charge >= 0.3 is 0 Å². The first-order valence-corrected chi connectivity index (χ1v) is 11.3. The maximum Gasteiger partial charge on any atom is 0.261 e. The van der Waals surface area contributed by atoms with Gasteiger partial charge in [0.25, 0.3) is 10.0 Å². The zero-order chi connectivity index (χ0) is 21.3. The van der Waals surface area contributed by atoms with E-state index in [1.807, 2.05) is 26.0 Å². The van der Waals surface area contributed by atoms with Crippen molar-refractivity contribution in [3.63, 3.8) is 0 Å². The molecule has 0 atom stereocenters. The van der Waals surface area contributed by atoms with Gasteiger partial charge in [0.05, 0.1) is 16.2 Å². The molecule has 4 rings (SSSR count). The highest BCUT2D eigenvalue weighted by Gasteiger charge is 2.19. The number of aromatic nitrogens is 2. The van der Waals surface area contributed by atoms with Gasteiger partial charge in [0.1, 0.15) is 5.82 Å². The van der Waals surface area contributed by atoms with Crippen LogP contribution >= 0.6 is 0 Å². The van der Waals surface area contributed by atoms with Crippen LogP contribution in [0.25, 0.3) is 22.5 Å². The van der Waals surface area contributed by atoms with Gasteiger partial charge in [0.2, 0.25) is 0 Å². The van der Waals surface area contributed by atoms with Crippen LogP contribution in [0.2, 0.25) is 0 Å². The Kier molecular flexibility index (Phi) is 5.34. The first-order chi connectivity index (χ1) is 14.3. The molecule has 1 aromatic carbocycles. The second kappa shape index (κ2) is 7.95. The summed E-state index contributed by atoms with van der Waals surface area (Å²) in [4.78, 5) is 4.50. The van der Waals surface area contributed by atoms with Crippen molar-refractivity contribution in [3.05, 3.63) is 59.6 Å². The summed E-state index contributed by atoms with van der Waals surface area (Å²) in [6, 6.07) is 8.72. The normalized spacial score (nSPS) is 14.4. The highest BCUT2D eigenvalue weighted by molar-refractivity contribution is 7.89. The lowest BCUT2D eigenvalue weighted by Gasteiger charge is -2.16. The van der Waals surface area contributed by atoms with E-state index in [1.54, 1.807) is 30.5 Å². The Morgan fingerprint density at radius 3 is 2.63 bits per heavy atom. The summed E-state index contributed by atoms with van der Waals surface area (Å²) in [6.07, 6.45) is 7.34. The van der Waals surface area contributed by atoms with Crippen molar-refractivity contribution < 1.29 is 12.9 Å². The van der Waals surface area contributed by atoms with E-state index in [9.17, 15) is 8.42 Å². The summed E-state index contributed by atoms with van der Waals surface area (Å²) in [5, 5.41) is 3.90. The number of nitrogens with two attached hydrogens (primary N) is 1. The number of allylic oxidation sites excluding steroid dienone is 2. The van der Waals surface area contributed by atoms with E-state index in [0.29, 0.717) is 17.1 Å². The van der Waals surface area contributed by atoms with Crippen LogP contribution in [0.4, 0.5) is 5.82 Å². The minimum atomic E-state index is -3.67. The van der Waals surface area contributed by atoms with Gasteiger partial charge in [-0.3, -0.25) is 4.72 Å². The second-order valence-electron chi connectivity index (χ2n) is 7.55. The molecule has 2 heterocycles. The van der Waals surface area contributed by atoms with Gasteiger partial charge in [-0.25, -0.2) is 13.4 Å². The third-order valence-electron chi connectivity index (χ3n) is 5.20. The van der Waals surface area contributed by atoms with Crippen LogP contribution in [0.3, 0.4) is 0 Å². The van der Waals surface area contributed by atoms with Gasteiger partial charge < -0.3 is 10.3 Å². The molecule has 0 bridgehead atoms. The first kappa shape index (κ1) is 20.2. The summed E-state index contributed by atoms with van der Waals surface area (Å²) < 4.78 is 33.9. The van der Waals surface area contributed by atoms with Crippen LogP contribution in [-0.2, 0) is 10.0 Å². The monoisotopic (exact) mass is 424 g/mol. The molecule has 1 aliphatic carbocycles. The Morgan fingerprint density at radius 2 is 1.93 bits per heavy atom. The zero-order valence-corrected chi connectivity index (χ0v) is 17.8. The summed E-state index contributed by atoms with van der Waals surface area (Å²) in [5.41, 5.74) is 10.6. The summed E-state index contributed by atoms with van der Waals surface area (Å²) in [6.45, 7) is 3.76. The summed E-state index contributed by atoms with van der Waals surface area (Å²) in [5.74, 6) is 0.842. The van der Waals surface area contributed by atoms with Crippen LogP contribution < -0.4 is 10.5 Å². The molecule has 7 nitrogen and oxygen atoms in total. The molecule has 1 aliphatic rings. The maximum atomic E-state index is 12.9. The number of hydrogen-bond acceptors (Lipinski definition) is 6. The van der Waals surface area contributed by atoms with Crippen molar-refractivity contribution >= 4 is 15.8 Å². The van der Waals surface area contributed by atoms with Gasteiger partial charge in [-0.15, -0.1) is 0 Å². The molecular formula is C22H24N4O3S. The third kappa shape index (κ3) is 4.09. The number of benzene rings is 1. The lowest BCUT2D eigenvalue weighted by atomic mass is 10.00. The molecule has 156 valence electrons. The van der Waals surface area contributed by atoms with Crippen molar-refractivity contribution in [2.75, 3.05) is 5.73 Å². The average molecular weight is 425 g/mol. The molecule has 30 heavy (non-hydrogen) atoms. The SMILES string of the molecule is Cc1cc(-c2cc(-c3cc(S(=O)(=O)NC4=CCCCC4)ccc3C)cnc2N)on1. The number of anilines is 1. The van der Waals surface area contributed by atoms with Crippen molar-refractivity contribution in [1.82, 2.24) is 14.9 Å². The number of pyridine rings is 1. The van der Waals surface area contributed by atoms with Gasteiger partial charge in [0.15, 0.2) is 5.76 Å². The highest BCUT2D eigenvalue weighted by Crippen LogP contribution is 2.32. The van der Waals surface area contributed by atoms with Crippen LogP contribution in [-0.4, -0.2) is 18.6 Å². The molecule has 0 radical (unpaired) electrons. The molecule has 0 unspecified atom stereocenters.